The summed E-state index contributed by atoms with van der Waals surface area (Å²) < 4.78 is 10.6. The molecule has 0 spiro atoms. The Morgan fingerprint density at radius 3 is 2.50 bits per heavy atom. The largest absolute Gasteiger partial charge is 0.375 e. The van der Waals surface area contributed by atoms with Gasteiger partial charge in [-0.3, -0.25) is 0 Å². The molecule has 1 aliphatic rings. The van der Waals surface area contributed by atoms with Gasteiger partial charge < -0.3 is 14.3 Å². The van der Waals surface area contributed by atoms with Crippen LogP contribution in [0.5, 0.6) is 0 Å². The maximum Gasteiger partial charge on any atom is 0.112 e. The van der Waals surface area contributed by atoms with Gasteiger partial charge in [-0.1, -0.05) is 0 Å². The summed E-state index contributed by atoms with van der Waals surface area (Å²) in [5.74, 6) is 4.87. The van der Waals surface area contributed by atoms with E-state index in [0.29, 0.717) is 6.61 Å². The summed E-state index contributed by atoms with van der Waals surface area (Å²) in [6.45, 7) is 4.89. The van der Waals surface area contributed by atoms with Crippen molar-refractivity contribution in [3.63, 3.8) is 0 Å². The minimum atomic E-state index is -0.0242. The first-order valence-corrected chi connectivity index (χ1v) is 4.30. The van der Waals surface area contributed by atoms with Gasteiger partial charge in [0.15, 0.2) is 0 Å². The lowest BCUT2D eigenvalue weighted by molar-refractivity contribution is -0.199. The van der Waals surface area contributed by atoms with Crippen molar-refractivity contribution in [2.45, 2.75) is 25.4 Å². The Bertz CT molecular complexity index is 125. The number of unbranched alkanes of at least 4 members (excludes halogenated alkanes) is 1. The molecule has 72 valence electrons. The van der Waals surface area contributed by atoms with E-state index in [2.05, 4.69) is 11.8 Å². The third kappa shape index (κ3) is 3.06. The summed E-state index contributed by atoms with van der Waals surface area (Å²) in [7, 11) is 0. The van der Waals surface area contributed by atoms with Crippen molar-refractivity contribution in [2.75, 3.05) is 26.4 Å². The molecule has 0 aromatic heterocycles. The summed E-state index contributed by atoms with van der Waals surface area (Å²) >= 11 is 0. The van der Waals surface area contributed by atoms with E-state index in [4.69, 9.17) is 15.4 Å². The van der Waals surface area contributed by atoms with E-state index in [0.717, 1.165) is 32.7 Å². The lowest BCUT2D eigenvalue weighted by Crippen LogP contribution is -2.49. The monoisotopic (exact) mass is 175 g/mol. The predicted octanol–water partition coefficient (Wildman–Crippen LogP) is 0.462. The number of rotatable bonds is 6. The third-order valence-electron chi connectivity index (χ3n) is 1.92. The molecular weight excluding hydrogens is 158 g/mol. The van der Waals surface area contributed by atoms with Crippen LogP contribution in [0.15, 0.2) is 0 Å². The molecule has 1 rings (SSSR count). The molecule has 1 heterocycles. The van der Waals surface area contributed by atoms with Gasteiger partial charge in [-0.15, -0.1) is 0 Å². The number of ether oxygens (including phenoxy) is 2. The summed E-state index contributed by atoms with van der Waals surface area (Å²) in [4.78, 5) is 4.43. The Hall–Kier alpha value is -0.160. The molecular formula is C8H17NO3. The van der Waals surface area contributed by atoms with Crippen LogP contribution < -0.4 is 5.90 Å². The Balaban J connectivity index is 1.88. The topological polar surface area (TPSA) is 53.7 Å². The molecule has 0 amide bonds. The van der Waals surface area contributed by atoms with Crippen LogP contribution in [0.2, 0.25) is 0 Å². The van der Waals surface area contributed by atoms with E-state index in [1.54, 1.807) is 0 Å². The fourth-order valence-electron chi connectivity index (χ4n) is 1.08. The number of nitrogens with two attached hydrogens (primary N) is 1. The van der Waals surface area contributed by atoms with Crippen molar-refractivity contribution >= 4 is 0 Å². The summed E-state index contributed by atoms with van der Waals surface area (Å²) in [6, 6.07) is 0. The van der Waals surface area contributed by atoms with Crippen molar-refractivity contribution in [2.24, 2.45) is 5.90 Å². The van der Waals surface area contributed by atoms with Crippen LogP contribution in [0.4, 0.5) is 0 Å². The second-order valence-corrected chi connectivity index (χ2v) is 3.37. The molecule has 0 aromatic carbocycles. The van der Waals surface area contributed by atoms with Crippen molar-refractivity contribution in [3.8, 4) is 0 Å². The molecule has 0 unspecified atom stereocenters. The number of hydrogen-bond acceptors (Lipinski definition) is 4. The first-order valence-electron chi connectivity index (χ1n) is 4.30. The van der Waals surface area contributed by atoms with E-state index in [1.165, 1.54) is 0 Å². The van der Waals surface area contributed by atoms with Gasteiger partial charge in [0, 0.05) is 6.61 Å². The maximum atomic E-state index is 5.59. The summed E-state index contributed by atoms with van der Waals surface area (Å²) in [5, 5.41) is 0. The Morgan fingerprint density at radius 1 is 1.33 bits per heavy atom. The van der Waals surface area contributed by atoms with Crippen LogP contribution in [0.1, 0.15) is 19.8 Å². The molecule has 0 saturated carbocycles. The highest BCUT2D eigenvalue weighted by Crippen LogP contribution is 2.20. The van der Waals surface area contributed by atoms with E-state index in [-0.39, 0.29) is 5.60 Å². The van der Waals surface area contributed by atoms with Crippen molar-refractivity contribution < 1.29 is 14.3 Å². The fraction of sp³-hybridized carbons (Fsp3) is 1.00. The zero-order valence-electron chi connectivity index (χ0n) is 7.54. The van der Waals surface area contributed by atoms with Gasteiger partial charge in [-0.2, -0.15) is 0 Å². The van der Waals surface area contributed by atoms with Crippen LogP contribution in [-0.4, -0.2) is 32.0 Å². The zero-order valence-corrected chi connectivity index (χ0v) is 7.54. The summed E-state index contributed by atoms with van der Waals surface area (Å²) in [5.41, 5.74) is -0.0242. The van der Waals surface area contributed by atoms with E-state index >= 15 is 0 Å². The van der Waals surface area contributed by atoms with E-state index in [9.17, 15) is 0 Å². The predicted molar refractivity (Wildman–Crippen MR) is 44.5 cm³/mol. The molecule has 1 fully saturated rings. The van der Waals surface area contributed by atoms with Crippen molar-refractivity contribution in [1.29, 1.82) is 0 Å². The quantitative estimate of drug-likeness (QED) is 0.471. The van der Waals surface area contributed by atoms with Gasteiger partial charge in [0.05, 0.1) is 19.8 Å². The maximum absolute atomic E-state index is 5.59. The molecule has 0 bridgehead atoms. The minimum Gasteiger partial charge on any atom is -0.375 e. The van der Waals surface area contributed by atoms with Crippen LogP contribution in [0.25, 0.3) is 0 Å². The van der Waals surface area contributed by atoms with Crippen LogP contribution in [0.3, 0.4) is 0 Å². The van der Waals surface area contributed by atoms with Crippen LogP contribution in [0, 0.1) is 0 Å². The Kier molecular flexibility index (Phi) is 3.94. The van der Waals surface area contributed by atoms with Gasteiger partial charge in [0.2, 0.25) is 0 Å². The molecule has 0 radical (unpaired) electrons. The van der Waals surface area contributed by atoms with Crippen molar-refractivity contribution in [1.82, 2.24) is 0 Å². The standard InChI is InChI=1S/C8H17NO3/c1-8(6-10-7-8)11-4-2-3-5-12-9/h2-7,9H2,1H3. The highest BCUT2D eigenvalue weighted by molar-refractivity contribution is 4.81. The van der Waals surface area contributed by atoms with Gasteiger partial charge in [-0.25, -0.2) is 5.90 Å². The van der Waals surface area contributed by atoms with E-state index < -0.39 is 0 Å². The van der Waals surface area contributed by atoms with Gasteiger partial charge >= 0.3 is 0 Å². The van der Waals surface area contributed by atoms with Crippen LogP contribution >= 0.6 is 0 Å². The lowest BCUT2D eigenvalue weighted by atomic mass is 10.1. The Morgan fingerprint density at radius 2 is 2.00 bits per heavy atom. The van der Waals surface area contributed by atoms with Gasteiger partial charge in [-0.05, 0) is 19.8 Å². The highest BCUT2D eigenvalue weighted by Gasteiger charge is 2.33. The van der Waals surface area contributed by atoms with Crippen LogP contribution in [-0.2, 0) is 14.3 Å². The smallest absolute Gasteiger partial charge is 0.112 e. The van der Waals surface area contributed by atoms with Gasteiger partial charge in [0.25, 0.3) is 0 Å². The third-order valence-corrected chi connectivity index (χ3v) is 1.92. The second-order valence-electron chi connectivity index (χ2n) is 3.37. The fourth-order valence-corrected chi connectivity index (χ4v) is 1.08. The second kappa shape index (κ2) is 4.77. The molecule has 0 aliphatic carbocycles. The van der Waals surface area contributed by atoms with E-state index in [1.807, 2.05) is 0 Å². The average molecular weight is 175 g/mol. The SMILES string of the molecule is CC1(OCCCCON)COC1. The summed E-state index contributed by atoms with van der Waals surface area (Å²) in [6.07, 6.45) is 1.94. The average Bonchev–Trinajstić information content (AvgIpc) is 2.01. The zero-order chi connectivity index (χ0) is 8.86. The minimum absolute atomic E-state index is 0.0242. The molecule has 12 heavy (non-hydrogen) atoms. The first kappa shape index (κ1) is 9.92. The van der Waals surface area contributed by atoms with Crippen molar-refractivity contribution in [3.05, 3.63) is 0 Å². The molecule has 0 aromatic rings. The van der Waals surface area contributed by atoms with Gasteiger partial charge in [0.1, 0.15) is 5.60 Å². The molecule has 2 N–H and O–H groups in total. The molecule has 1 aliphatic heterocycles. The number of hydrogen-bond donors (Lipinski definition) is 1. The molecule has 4 nitrogen and oxygen atoms in total. The first-order chi connectivity index (χ1) is 5.77. The molecule has 1 saturated heterocycles. The highest BCUT2D eigenvalue weighted by atomic mass is 16.6. The molecule has 0 atom stereocenters. The lowest BCUT2D eigenvalue weighted by Gasteiger charge is -2.37. The normalized spacial score (nSPS) is 20.5. The Labute approximate surface area is 72.9 Å². The molecule has 4 heteroatoms.